The zero-order chi connectivity index (χ0) is 15.9. The number of hydrogen-bond acceptors (Lipinski definition) is 4. The van der Waals surface area contributed by atoms with Crippen molar-refractivity contribution in [2.75, 3.05) is 19.7 Å². The molecule has 0 aromatic heterocycles. The van der Waals surface area contributed by atoms with Crippen LogP contribution in [0.15, 0.2) is 24.3 Å². The molecule has 8 heteroatoms. The van der Waals surface area contributed by atoms with Crippen LogP contribution in [0.1, 0.15) is 12.5 Å². The number of benzene rings is 1. The van der Waals surface area contributed by atoms with Gasteiger partial charge in [0.1, 0.15) is 17.1 Å². The molecule has 5 nitrogen and oxygen atoms in total. The van der Waals surface area contributed by atoms with E-state index in [-0.39, 0.29) is 18.8 Å². The smallest absolute Gasteiger partial charge is 0.219 e. The fourth-order valence-electron chi connectivity index (χ4n) is 1.70. The first-order valence-electron chi connectivity index (χ1n) is 6.23. The van der Waals surface area contributed by atoms with E-state index < -0.39 is 14.9 Å². The molecule has 0 fully saturated rings. The lowest BCUT2D eigenvalue weighted by molar-refractivity contribution is 0.340. The lowest BCUT2D eigenvalue weighted by atomic mass is 10.2. The molecular formula is C13H16Cl2N2O3S. The standard InChI is InChI=1S/C13H16Cl2N2O3S/c1-2-20-12-5-3-4-11(8-12)10-21(18,19)17(7-6-16)9-13(14)15/h3-5,8,13H,2,7,9-10H2,1H3. The van der Waals surface area contributed by atoms with E-state index in [0.717, 1.165) is 4.31 Å². The molecule has 0 saturated carbocycles. The Bertz CT molecular complexity index is 600. The van der Waals surface area contributed by atoms with Gasteiger partial charge in [0.05, 0.1) is 18.4 Å². The summed E-state index contributed by atoms with van der Waals surface area (Å²) in [6.45, 7) is 1.93. The van der Waals surface area contributed by atoms with Crippen molar-refractivity contribution < 1.29 is 13.2 Å². The first kappa shape index (κ1) is 18.1. The fourth-order valence-corrected chi connectivity index (χ4v) is 3.61. The maximum Gasteiger partial charge on any atom is 0.219 e. The zero-order valence-electron chi connectivity index (χ0n) is 11.5. The molecule has 1 rings (SSSR count). The van der Waals surface area contributed by atoms with Gasteiger partial charge in [-0.15, -0.1) is 23.2 Å². The molecule has 0 unspecified atom stereocenters. The zero-order valence-corrected chi connectivity index (χ0v) is 13.8. The Kier molecular flexibility index (Phi) is 7.26. The molecule has 0 bridgehead atoms. The van der Waals surface area contributed by atoms with Gasteiger partial charge in [-0.1, -0.05) is 12.1 Å². The van der Waals surface area contributed by atoms with E-state index in [1.165, 1.54) is 0 Å². The molecule has 0 aliphatic heterocycles. The molecule has 0 aliphatic rings. The minimum atomic E-state index is -3.68. The number of nitriles is 1. The number of sulfonamides is 1. The van der Waals surface area contributed by atoms with Gasteiger partial charge < -0.3 is 4.74 Å². The van der Waals surface area contributed by atoms with Crippen LogP contribution in [0.5, 0.6) is 5.75 Å². The summed E-state index contributed by atoms with van der Waals surface area (Å²) in [4.78, 5) is -0.886. The van der Waals surface area contributed by atoms with Gasteiger partial charge in [-0.25, -0.2) is 8.42 Å². The highest BCUT2D eigenvalue weighted by Crippen LogP contribution is 2.18. The summed E-state index contributed by atoms with van der Waals surface area (Å²) < 4.78 is 30.9. The SMILES string of the molecule is CCOc1cccc(CS(=O)(=O)N(CC#N)CC(Cl)Cl)c1. The fraction of sp³-hybridized carbons (Fsp3) is 0.462. The van der Waals surface area contributed by atoms with Crippen molar-refractivity contribution in [2.45, 2.75) is 17.5 Å². The Labute approximate surface area is 135 Å². The largest absolute Gasteiger partial charge is 0.494 e. The average Bonchev–Trinajstić information content (AvgIpc) is 2.38. The van der Waals surface area contributed by atoms with Crippen LogP contribution in [0.3, 0.4) is 0 Å². The Morgan fingerprint density at radius 3 is 2.71 bits per heavy atom. The van der Waals surface area contributed by atoms with Crippen LogP contribution >= 0.6 is 23.2 Å². The van der Waals surface area contributed by atoms with Crippen LogP contribution in [0.2, 0.25) is 0 Å². The first-order chi connectivity index (χ1) is 9.89. The third-order valence-corrected chi connectivity index (χ3v) is 4.58. The molecule has 0 amide bonds. The van der Waals surface area contributed by atoms with E-state index in [9.17, 15) is 8.42 Å². The molecule has 0 spiro atoms. The van der Waals surface area contributed by atoms with Crippen molar-refractivity contribution in [3.8, 4) is 11.8 Å². The quantitative estimate of drug-likeness (QED) is 0.533. The minimum absolute atomic E-state index is 0.121. The Hall–Kier alpha value is -1.00. The number of rotatable bonds is 8. The normalized spacial score (nSPS) is 11.6. The lowest BCUT2D eigenvalue weighted by Crippen LogP contribution is -2.35. The van der Waals surface area contributed by atoms with E-state index in [0.29, 0.717) is 17.9 Å². The molecule has 1 aromatic carbocycles. The highest BCUT2D eigenvalue weighted by atomic mass is 35.5. The second-order valence-electron chi connectivity index (χ2n) is 4.18. The van der Waals surface area contributed by atoms with Gasteiger partial charge in [0, 0.05) is 6.54 Å². The number of nitrogens with zero attached hydrogens (tertiary/aromatic N) is 2. The summed E-state index contributed by atoms with van der Waals surface area (Å²) in [5, 5.41) is 8.73. The predicted octanol–water partition coefficient (Wildman–Crippen LogP) is 2.54. The minimum Gasteiger partial charge on any atom is -0.494 e. The molecule has 0 saturated heterocycles. The number of ether oxygens (including phenoxy) is 1. The van der Waals surface area contributed by atoms with Gasteiger partial charge in [-0.2, -0.15) is 9.57 Å². The summed E-state index contributed by atoms with van der Waals surface area (Å²) >= 11 is 11.2. The summed E-state index contributed by atoms with van der Waals surface area (Å²) in [5.41, 5.74) is 0.574. The van der Waals surface area contributed by atoms with Crippen molar-refractivity contribution in [1.82, 2.24) is 4.31 Å². The third kappa shape index (κ3) is 6.10. The van der Waals surface area contributed by atoms with Crippen molar-refractivity contribution >= 4 is 33.2 Å². The van der Waals surface area contributed by atoms with Crippen LogP contribution in [0.25, 0.3) is 0 Å². The van der Waals surface area contributed by atoms with Crippen LogP contribution < -0.4 is 4.74 Å². The Morgan fingerprint density at radius 1 is 1.43 bits per heavy atom. The van der Waals surface area contributed by atoms with E-state index >= 15 is 0 Å². The summed E-state index contributed by atoms with van der Waals surface area (Å²) in [5.74, 6) is 0.361. The Morgan fingerprint density at radius 2 is 2.14 bits per heavy atom. The number of hydrogen-bond donors (Lipinski definition) is 0. The highest BCUT2D eigenvalue weighted by molar-refractivity contribution is 7.88. The Balaban J connectivity index is 2.91. The van der Waals surface area contributed by atoms with E-state index in [1.54, 1.807) is 30.3 Å². The van der Waals surface area contributed by atoms with E-state index in [4.69, 9.17) is 33.2 Å². The van der Waals surface area contributed by atoms with Gasteiger partial charge >= 0.3 is 0 Å². The second kappa shape index (κ2) is 8.44. The molecule has 116 valence electrons. The summed E-state index contributed by atoms with van der Waals surface area (Å²) in [6, 6.07) is 8.61. The predicted molar refractivity (Wildman–Crippen MR) is 82.9 cm³/mol. The average molecular weight is 351 g/mol. The molecular weight excluding hydrogens is 335 g/mol. The molecule has 0 aliphatic carbocycles. The lowest BCUT2D eigenvalue weighted by Gasteiger charge is -2.19. The van der Waals surface area contributed by atoms with Gasteiger partial charge in [-0.3, -0.25) is 0 Å². The topological polar surface area (TPSA) is 70.4 Å². The van der Waals surface area contributed by atoms with Crippen LogP contribution in [0.4, 0.5) is 0 Å². The maximum absolute atomic E-state index is 12.3. The number of alkyl halides is 2. The van der Waals surface area contributed by atoms with Crippen LogP contribution in [-0.2, 0) is 15.8 Å². The third-order valence-electron chi connectivity index (χ3n) is 2.54. The van der Waals surface area contributed by atoms with Crippen LogP contribution in [0, 0.1) is 11.3 Å². The van der Waals surface area contributed by atoms with E-state index in [1.807, 2.05) is 6.92 Å². The second-order valence-corrected chi connectivity index (χ2v) is 7.42. The highest BCUT2D eigenvalue weighted by Gasteiger charge is 2.24. The van der Waals surface area contributed by atoms with Crippen molar-refractivity contribution in [3.05, 3.63) is 29.8 Å². The molecule has 1 aromatic rings. The van der Waals surface area contributed by atoms with E-state index in [2.05, 4.69) is 0 Å². The van der Waals surface area contributed by atoms with Gasteiger partial charge in [-0.05, 0) is 24.6 Å². The van der Waals surface area contributed by atoms with Crippen molar-refractivity contribution in [1.29, 1.82) is 5.26 Å². The molecule has 0 radical (unpaired) electrons. The summed E-state index contributed by atoms with van der Waals surface area (Å²) in [6.07, 6.45) is 0. The van der Waals surface area contributed by atoms with Gasteiger partial charge in [0.15, 0.2) is 0 Å². The maximum atomic E-state index is 12.3. The van der Waals surface area contributed by atoms with Crippen molar-refractivity contribution in [2.24, 2.45) is 0 Å². The molecule has 0 heterocycles. The molecule has 0 atom stereocenters. The van der Waals surface area contributed by atoms with Gasteiger partial charge in [0.2, 0.25) is 10.0 Å². The molecule has 21 heavy (non-hydrogen) atoms. The van der Waals surface area contributed by atoms with Crippen molar-refractivity contribution in [3.63, 3.8) is 0 Å². The van der Waals surface area contributed by atoms with Gasteiger partial charge in [0.25, 0.3) is 0 Å². The van der Waals surface area contributed by atoms with Crippen LogP contribution in [-0.4, -0.2) is 37.3 Å². The monoisotopic (exact) mass is 350 g/mol. The first-order valence-corrected chi connectivity index (χ1v) is 8.72. The summed E-state index contributed by atoms with van der Waals surface area (Å²) in [7, 11) is -3.68. The molecule has 0 N–H and O–H groups in total. The number of halogens is 2.